The van der Waals surface area contributed by atoms with E-state index < -0.39 is 0 Å². The van der Waals surface area contributed by atoms with E-state index in [2.05, 4.69) is 29.7 Å². The van der Waals surface area contributed by atoms with Crippen LogP contribution in [0.15, 0.2) is 18.6 Å². The maximum absolute atomic E-state index is 5.91. The smallest absolute Gasteiger partial charge is 0.316 e. The summed E-state index contributed by atoms with van der Waals surface area (Å²) >= 11 is 0. The molecule has 0 aliphatic carbocycles. The first-order valence-corrected chi connectivity index (χ1v) is 6.91. The number of nitrogens with two attached hydrogens (primary N) is 2. The van der Waals surface area contributed by atoms with E-state index in [1.165, 1.54) is 0 Å². The number of hydrogen-bond acceptors (Lipinski definition) is 9. The summed E-state index contributed by atoms with van der Waals surface area (Å²) in [6.07, 6.45) is 5.20. The van der Waals surface area contributed by atoms with Crippen molar-refractivity contribution >= 4 is 23.1 Å². The van der Waals surface area contributed by atoms with Crippen molar-refractivity contribution < 1.29 is 4.74 Å². The first-order valence-electron chi connectivity index (χ1n) is 6.91. The van der Waals surface area contributed by atoms with E-state index in [1.54, 1.807) is 25.7 Å². The first-order chi connectivity index (χ1) is 10.7. The molecular weight excluding hydrogens is 284 g/mol. The SMILES string of the molecule is COc1ncc(N2CCN(c3cnc(N)nc3N)CC2)cn1. The Morgan fingerprint density at radius 3 is 2.18 bits per heavy atom. The highest BCUT2D eigenvalue weighted by molar-refractivity contribution is 5.64. The highest BCUT2D eigenvalue weighted by Crippen LogP contribution is 2.23. The molecule has 3 rings (SSSR count). The van der Waals surface area contributed by atoms with Gasteiger partial charge in [-0.1, -0.05) is 0 Å². The van der Waals surface area contributed by atoms with Crippen LogP contribution in [0.2, 0.25) is 0 Å². The summed E-state index contributed by atoms with van der Waals surface area (Å²) in [5, 5.41) is 0. The molecule has 22 heavy (non-hydrogen) atoms. The van der Waals surface area contributed by atoms with Gasteiger partial charge >= 0.3 is 6.01 Å². The average molecular weight is 302 g/mol. The second-order valence-electron chi connectivity index (χ2n) is 4.90. The van der Waals surface area contributed by atoms with E-state index in [4.69, 9.17) is 16.2 Å². The third kappa shape index (κ3) is 2.78. The van der Waals surface area contributed by atoms with Crippen molar-refractivity contribution in [3.63, 3.8) is 0 Å². The molecule has 1 aliphatic rings. The van der Waals surface area contributed by atoms with E-state index in [0.29, 0.717) is 11.8 Å². The number of aromatic nitrogens is 4. The molecule has 0 amide bonds. The number of methoxy groups -OCH3 is 1. The third-order valence-electron chi connectivity index (χ3n) is 3.60. The molecule has 1 aliphatic heterocycles. The van der Waals surface area contributed by atoms with Crippen molar-refractivity contribution in [1.29, 1.82) is 0 Å². The maximum Gasteiger partial charge on any atom is 0.316 e. The van der Waals surface area contributed by atoms with E-state index in [-0.39, 0.29) is 5.95 Å². The van der Waals surface area contributed by atoms with Gasteiger partial charge in [0.1, 0.15) is 0 Å². The topological polar surface area (TPSA) is 119 Å². The molecule has 9 nitrogen and oxygen atoms in total. The predicted octanol–water partition coefficient (Wildman–Crippen LogP) is -0.234. The van der Waals surface area contributed by atoms with Gasteiger partial charge in [-0.3, -0.25) is 0 Å². The van der Waals surface area contributed by atoms with Crippen LogP contribution in [0, 0.1) is 0 Å². The molecule has 0 spiro atoms. The van der Waals surface area contributed by atoms with Gasteiger partial charge in [-0.05, 0) is 0 Å². The first kappa shape index (κ1) is 14.1. The van der Waals surface area contributed by atoms with Gasteiger partial charge in [0.05, 0.1) is 37.1 Å². The lowest BCUT2D eigenvalue weighted by Crippen LogP contribution is -2.47. The molecule has 0 atom stereocenters. The molecule has 2 aromatic rings. The van der Waals surface area contributed by atoms with Crippen LogP contribution in [-0.2, 0) is 0 Å². The minimum absolute atomic E-state index is 0.190. The van der Waals surface area contributed by atoms with Crippen molar-refractivity contribution in [3.05, 3.63) is 18.6 Å². The van der Waals surface area contributed by atoms with Gasteiger partial charge in [-0.2, -0.15) is 4.98 Å². The molecule has 116 valence electrons. The zero-order valence-electron chi connectivity index (χ0n) is 12.3. The van der Waals surface area contributed by atoms with Gasteiger partial charge < -0.3 is 26.0 Å². The van der Waals surface area contributed by atoms with Crippen LogP contribution in [0.4, 0.5) is 23.1 Å². The molecule has 3 heterocycles. The quantitative estimate of drug-likeness (QED) is 0.791. The molecule has 0 aromatic carbocycles. The molecule has 9 heteroatoms. The largest absolute Gasteiger partial charge is 0.467 e. The number of nitrogens with zero attached hydrogens (tertiary/aromatic N) is 6. The lowest BCUT2D eigenvalue weighted by atomic mass is 10.2. The summed E-state index contributed by atoms with van der Waals surface area (Å²) in [6, 6.07) is 0.370. The summed E-state index contributed by atoms with van der Waals surface area (Å²) in [7, 11) is 1.55. The maximum atomic E-state index is 5.91. The van der Waals surface area contributed by atoms with E-state index in [9.17, 15) is 0 Å². The molecule has 0 unspecified atom stereocenters. The second-order valence-corrected chi connectivity index (χ2v) is 4.90. The monoisotopic (exact) mass is 302 g/mol. The fourth-order valence-corrected chi connectivity index (χ4v) is 2.43. The zero-order valence-corrected chi connectivity index (χ0v) is 12.3. The van der Waals surface area contributed by atoms with Crippen molar-refractivity contribution in [2.75, 3.05) is 54.6 Å². The average Bonchev–Trinajstić information content (AvgIpc) is 2.55. The van der Waals surface area contributed by atoms with Crippen molar-refractivity contribution in [2.24, 2.45) is 0 Å². The van der Waals surface area contributed by atoms with Crippen LogP contribution in [0.1, 0.15) is 0 Å². The Morgan fingerprint density at radius 1 is 0.955 bits per heavy atom. The summed E-state index contributed by atoms with van der Waals surface area (Å²) in [5.41, 5.74) is 13.2. The van der Waals surface area contributed by atoms with Crippen LogP contribution < -0.4 is 26.0 Å². The van der Waals surface area contributed by atoms with E-state index >= 15 is 0 Å². The molecule has 0 saturated carbocycles. The number of nitrogen functional groups attached to an aromatic ring is 2. The van der Waals surface area contributed by atoms with Crippen LogP contribution in [0.5, 0.6) is 6.01 Å². The normalized spacial score (nSPS) is 15.0. The molecular formula is C13H18N8O. The van der Waals surface area contributed by atoms with E-state index in [0.717, 1.165) is 37.6 Å². The fourth-order valence-electron chi connectivity index (χ4n) is 2.43. The molecule has 1 fully saturated rings. The predicted molar refractivity (Wildman–Crippen MR) is 83.9 cm³/mol. The minimum atomic E-state index is 0.190. The molecule has 1 saturated heterocycles. The standard InChI is InChI=1S/C13H18N8O/c1-22-13-17-6-9(7-18-13)20-2-4-21(5-3-20)10-8-16-12(15)19-11(10)14/h6-8H,2-5H2,1H3,(H4,14,15,16,19). The van der Waals surface area contributed by atoms with Crippen molar-refractivity contribution in [2.45, 2.75) is 0 Å². The molecule has 0 radical (unpaired) electrons. The van der Waals surface area contributed by atoms with E-state index in [1.807, 2.05) is 0 Å². The van der Waals surface area contributed by atoms with Gasteiger partial charge in [-0.25, -0.2) is 15.0 Å². The van der Waals surface area contributed by atoms with Gasteiger partial charge in [0, 0.05) is 26.2 Å². The highest BCUT2D eigenvalue weighted by atomic mass is 16.5. The van der Waals surface area contributed by atoms with Gasteiger partial charge in [-0.15, -0.1) is 0 Å². The third-order valence-corrected chi connectivity index (χ3v) is 3.60. The van der Waals surface area contributed by atoms with Crippen LogP contribution in [0.3, 0.4) is 0 Å². The summed E-state index contributed by atoms with van der Waals surface area (Å²) < 4.78 is 4.97. The van der Waals surface area contributed by atoms with Crippen LogP contribution >= 0.6 is 0 Å². The Kier molecular flexibility index (Phi) is 3.77. The fraction of sp³-hybridized carbons (Fsp3) is 0.385. The Balaban J connectivity index is 1.66. The number of ether oxygens (including phenoxy) is 1. The Hall–Kier alpha value is -2.84. The number of piperazine rings is 1. The molecule has 2 aromatic heterocycles. The number of rotatable bonds is 3. The Bertz CT molecular complexity index is 639. The van der Waals surface area contributed by atoms with Crippen LogP contribution in [-0.4, -0.2) is 53.2 Å². The number of anilines is 4. The molecule has 4 N–H and O–H groups in total. The van der Waals surface area contributed by atoms with Crippen molar-refractivity contribution in [1.82, 2.24) is 19.9 Å². The highest BCUT2D eigenvalue weighted by Gasteiger charge is 2.20. The summed E-state index contributed by atoms with van der Waals surface area (Å²) in [6.45, 7) is 3.28. The minimum Gasteiger partial charge on any atom is -0.467 e. The van der Waals surface area contributed by atoms with Crippen molar-refractivity contribution in [3.8, 4) is 6.01 Å². The zero-order chi connectivity index (χ0) is 15.5. The summed E-state index contributed by atoms with van der Waals surface area (Å²) in [4.78, 5) is 20.6. The summed E-state index contributed by atoms with van der Waals surface area (Å²) in [5.74, 6) is 0.601. The number of hydrogen-bond donors (Lipinski definition) is 2. The lowest BCUT2D eigenvalue weighted by molar-refractivity contribution is 0.379. The van der Waals surface area contributed by atoms with Gasteiger partial charge in [0.15, 0.2) is 5.82 Å². The Labute approximate surface area is 127 Å². The second kappa shape index (κ2) is 5.88. The molecule has 0 bridgehead atoms. The van der Waals surface area contributed by atoms with Crippen LogP contribution in [0.25, 0.3) is 0 Å². The lowest BCUT2D eigenvalue weighted by Gasteiger charge is -2.37. The van der Waals surface area contributed by atoms with Gasteiger partial charge in [0.2, 0.25) is 5.95 Å². The van der Waals surface area contributed by atoms with Gasteiger partial charge in [0.25, 0.3) is 0 Å². The Morgan fingerprint density at radius 2 is 1.59 bits per heavy atom.